The Balaban J connectivity index is 1.66. The highest BCUT2D eigenvalue weighted by atomic mass is 32.2. The Morgan fingerprint density at radius 3 is 2.81 bits per heavy atom. The van der Waals surface area contributed by atoms with Crippen molar-refractivity contribution in [1.82, 2.24) is 4.90 Å². The highest BCUT2D eigenvalue weighted by Gasteiger charge is 2.53. The van der Waals surface area contributed by atoms with Crippen molar-refractivity contribution < 1.29 is 14.0 Å². The van der Waals surface area contributed by atoms with Gasteiger partial charge in [-0.05, 0) is 44.5 Å². The Bertz CT molecular complexity index is 818. The molecular weight excluding hydrogens is 348 g/mol. The Hall–Kier alpha value is -2.21. The first-order chi connectivity index (χ1) is 12.5. The summed E-state index contributed by atoms with van der Waals surface area (Å²) < 4.78 is 5.47. The topological polar surface area (TPSA) is 53.8 Å². The number of aryl methyl sites for hydroxylation is 1. The van der Waals surface area contributed by atoms with E-state index in [0.29, 0.717) is 18.7 Å². The number of benzene rings is 1. The molecule has 136 valence electrons. The second-order valence-corrected chi connectivity index (χ2v) is 8.61. The zero-order chi connectivity index (χ0) is 18.3. The molecule has 0 unspecified atom stereocenters. The van der Waals surface area contributed by atoms with Crippen molar-refractivity contribution in [3.05, 3.63) is 54.0 Å². The molecule has 3 heterocycles. The fourth-order valence-corrected chi connectivity index (χ4v) is 5.19. The van der Waals surface area contributed by atoms with Crippen molar-refractivity contribution in [2.24, 2.45) is 0 Å². The summed E-state index contributed by atoms with van der Waals surface area (Å²) in [5.74, 6) is 1.40. The van der Waals surface area contributed by atoms with Crippen LogP contribution in [0.25, 0.3) is 0 Å². The number of nitrogens with zero attached hydrogens (tertiary/aromatic N) is 2. The van der Waals surface area contributed by atoms with Crippen LogP contribution in [0.15, 0.2) is 47.1 Å². The van der Waals surface area contributed by atoms with Crippen molar-refractivity contribution in [2.45, 2.75) is 44.1 Å². The van der Waals surface area contributed by atoms with Crippen molar-refractivity contribution in [2.75, 3.05) is 10.7 Å². The number of furan rings is 1. The molecule has 1 aromatic carbocycles. The molecule has 5 nitrogen and oxygen atoms in total. The van der Waals surface area contributed by atoms with Gasteiger partial charge in [-0.3, -0.25) is 9.59 Å². The quantitative estimate of drug-likeness (QED) is 0.826. The Morgan fingerprint density at radius 2 is 2.12 bits per heavy atom. The number of hydrogen-bond acceptors (Lipinski definition) is 4. The van der Waals surface area contributed by atoms with Crippen LogP contribution in [-0.2, 0) is 16.1 Å². The standard InChI is InChI=1S/C20H22N2O3S/c1-14-5-7-15(8-6-14)21(12-16-4-3-11-25-16)19(24)17-13-26-20(2)10-9-18(23)22(17)20/h3-8,11,17H,9-10,12-13H2,1-2H3/t17-,20-/m0/s1. The van der Waals surface area contributed by atoms with Crippen molar-refractivity contribution in [3.63, 3.8) is 0 Å². The van der Waals surface area contributed by atoms with E-state index >= 15 is 0 Å². The highest BCUT2D eigenvalue weighted by Crippen LogP contribution is 2.47. The third-order valence-corrected chi connectivity index (χ3v) is 6.74. The van der Waals surface area contributed by atoms with Crippen LogP contribution in [0.1, 0.15) is 31.1 Å². The molecular formula is C20H22N2O3S. The Morgan fingerprint density at radius 1 is 1.35 bits per heavy atom. The van der Waals surface area contributed by atoms with Crippen LogP contribution in [0, 0.1) is 6.92 Å². The maximum absolute atomic E-state index is 13.5. The lowest BCUT2D eigenvalue weighted by molar-refractivity contribution is -0.136. The first kappa shape index (κ1) is 17.2. The predicted molar refractivity (Wildman–Crippen MR) is 102 cm³/mol. The molecule has 2 aromatic rings. The number of rotatable bonds is 4. The van der Waals surface area contributed by atoms with Gasteiger partial charge in [-0.25, -0.2) is 0 Å². The van der Waals surface area contributed by atoms with E-state index < -0.39 is 6.04 Å². The molecule has 0 bridgehead atoms. The summed E-state index contributed by atoms with van der Waals surface area (Å²) in [6.07, 6.45) is 2.94. The summed E-state index contributed by atoms with van der Waals surface area (Å²) in [5.41, 5.74) is 1.96. The smallest absolute Gasteiger partial charge is 0.251 e. The van der Waals surface area contributed by atoms with Crippen LogP contribution in [0.3, 0.4) is 0 Å². The molecule has 2 saturated heterocycles. The summed E-state index contributed by atoms with van der Waals surface area (Å²) >= 11 is 1.71. The summed E-state index contributed by atoms with van der Waals surface area (Å²) in [6, 6.07) is 11.1. The average molecular weight is 370 g/mol. The van der Waals surface area contributed by atoms with Gasteiger partial charge in [-0.1, -0.05) is 17.7 Å². The van der Waals surface area contributed by atoms with E-state index in [9.17, 15) is 9.59 Å². The fraction of sp³-hybridized carbons (Fsp3) is 0.400. The second kappa shape index (κ2) is 6.50. The maximum atomic E-state index is 13.5. The van der Waals surface area contributed by atoms with Gasteiger partial charge in [-0.2, -0.15) is 0 Å². The van der Waals surface area contributed by atoms with Gasteiger partial charge in [0.2, 0.25) is 5.91 Å². The molecule has 2 fully saturated rings. The van der Waals surface area contributed by atoms with Crippen molar-refractivity contribution in [1.29, 1.82) is 0 Å². The molecule has 1 aromatic heterocycles. The van der Waals surface area contributed by atoms with Gasteiger partial charge in [-0.15, -0.1) is 11.8 Å². The van der Waals surface area contributed by atoms with E-state index in [1.807, 2.05) is 48.2 Å². The average Bonchev–Trinajstić information content (AvgIpc) is 3.32. The van der Waals surface area contributed by atoms with Crippen molar-refractivity contribution >= 4 is 29.3 Å². The zero-order valence-corrected chi connectivity index (χ0v) is 15.8. The number of carbonyl (C=O) groups is 2. The van der Waals surface area contributed by atoms with Crippen LogP contribution in [-0.4, -0.2) is 33.4 Å². The van der Waals surface area contributed by atoms with Crippen LogP contribution < -0.4 is 4.90 Å². The number of amides is 2. The van der Waals surface area contributed by atoms with Crippen LogP contribution >= 0.6 is 11.8 Å². The van der Waals surface area contributed by atoms with Gasteiger partial charge in [0.25, 0.3) is 5.91 Å². The van der Waals surface area contributed by atoms with E-state index in [4.69, 9.17) is 4.42 Å². The minimum absolute atomic E-state index is 0.0447. The molecule has 26 heavy (non-hydrogen) atoms. The first-order valence-corrected chi connectivity index (χ1v) is 9.83. The van der Waals surface area contributed by atoms with Crippen LogP contribution in [0.5, 0.6) is 0 Å². The normalized spacial score (nSPS) is 24.8. The molecule has 6 heteroatoms. The maximum Gasteiger partial charge on any atom is 0.251 e. The molecule has 2 aliphatic heterocycles. The SMILES string of the molecule is Cc1ccc(N(Cc2ccco2)C(=O)[C@@H]2CS[C@@]3(C)CCC(=O)N23)cc1. The van der Waals surface area contributed by atoms with E-state index in [-0.39, 0.29) is 16.7 Å². The van der Waals surface area contributed by atoms with E-state index in [0.717, 1.165) is 23.4 Å². The van der Waals surface area contributed by atoms with Gasteiger partial charge in [0.1, 0.15) is 11.8 Å². The van der Waals surface area contributed by atoms with E-state index in [1.165, 1.54) is 0 Å². The lowest BCUT2D eigenvalue weighted by atomic mass is 10.1. The van der Waals surface area contributed by atoms with Gasteiger partial charge >= 0.3 is 0 Å². The minimum atomic E-state index is -0.420. The Labute approximate surface area is 157 Å². The molecule has 2 aliphatic rings. The highest BCUT2D eigenvalue weighted by molar-refractivity contribution is 8.01. The van der Waals surface area contributed by atoms with E-state index in [2.05, 4.69) is 6.92 Å². The third-order valence-electron chi connectivity index (χ3n) is 5.24. The number of thioether (sulfide) groups is 1. The summed E-state index contributed by atoms with van der Waals surface area (Å²) in [6.45, 7) is 4.44. The first-order valence-electron chi connectivity index (χ1n) is 8.84. The second-order valence-electron chi connectivity index (χ2n) is 7.10. The summed E-state index contributed by atoms with van der Waals surface area (Å²) in [5, 5.41) is 0. The molecule has 0 saturated carbocycles. The number of carbonyl (C=O) groups excluding carboxylic acids is 2. The van der Waals surface area contributed by atoms with Gasteiger partial charge in [0.15, 0.2) is 0 Å². The summed E-state index contributed by atoms with van der Waals surface area (Å²) in [4.78, 5) is 29.2. The Kier molecular flexibility index (Phi) is 4.31. The predicted octanol–water partition coefficient (Wildman–Crippen LogP) is 3.58. The third kappa shape index (κ3) is 2.92. The lowest BCUT2D eigenvalue weighted by Crippen LogP contribution is -2.51. The van der Waals surface area contributed by atoms with Gasteiger partial charge in [0, 0.05) is 17.9 Å². The molecule has 2 atom stereocenters. The largest absolute Gasteiger partial charge is 0.467 e. The fourth-order valence-electron chi connectivity index (χ4n) is 3.76. The monoisotopic (exact) mass is 370 g/mol. The zero-order valence-electron chi connectivity index (χ0n) is 15.0. The molecule has 4 rings (SSSR count). The number of fused-ring (bicyclic) bond motifs is 1. The lowest BCUT2D eigenvalue weighted by Gasteiger charge is -2.33. The number of hydrogen-bond donors (Lipinski definition) is 0. The molecule has 0 N–H and O–H groups in total. The van der Waals surface area contributed by atoms with Crippen LogP contribution in [0.2, 0.25) is 0 Å². The summed E-state index contributed by atoms with van der Waals surface area (Å²) in [7, 11) is 0. The molecule has 0 aliphatic carbocycles. The molecule has 0 radical (unpaired) electrons. The molecule has 0 spiro atoms. The minimum Gasteiger partial charge on any atom is -0.467 e. The van der Waals surface area contributed by atoms with Gasteiger partial charge in [0.05, 0.1) is 17.7 Å². The van der Waals surface area contributed by atoms with Gasteiger partial charge < -0.3 is 14.2 Å². The van der Waals surface area contributed by atoms with Crippen LogP contribution in [0.4, 0.5) is 5.69 Å². The molecule has 2 amide bonds. The van der Waals surface area contributed by atoms with Crippen molar-refractivity contribution in [3.8, 4) is 0 Å². The number of anilines is 1. The van der Waals surface area contributed by atoms with E-state index in [1.54, 1.807) is 22.9 Å².